The van der Waals surface area contributed by atoms with Gasteiger partial charge in [0.1, 0.15) is 5.01 Å². The number of nitrogens with one attached hydrogen (secondary N) is 1. The number of aromatic amines is 1. The minimum absolute atomic E-state index is 0.384. The number of hydrogen-bond acceptors (Lipinski definition) is 5. The van der Waals surface area contributed by atoms with E-state index >= 15 is 0 Å². The van der Waals surface area contributed by atoms with Crippen molar-refractivity contribution in [3.8, 4) is 10.6 Å². The molecule has 0 unspecified atom stereocenters. The summed E-state index contributed by atoms with van der Waals surface area (Å²) in [6.45, 7) is 3.07. The summed E-state index contributed by atoms with van der Waals surface area (Å²) in [5.41, 5.74) is 5.10. The Bertz CT molecular complexity index is 1230. The summed E-state index contributed by atoms with van der Waals surface area (Å²) in [7, 11) is 2.23. The highest BCUT2D eigenvalue weighted by Crippen LogP contribution is 2.36. The van der Waals surface area contributed by atoms with Crippen LogP contribution in [-0.4, -0.2) is 28.0 Å². The fraction of sp³-hybridized carbons (Fsp3) is 0.360. The molecule has 0 aliphatic heterocycles. The number of rotatable bonds is 5. The molecule has 5 rings (SSSR count). The Kier molecular flexibility index (Phi) is 5.50. The number of nitrogens with zero attached hydrogens (tertiary/aromatic N) is 2. The first-order valence-electron chi connectivity index (χ1n) is 10.9. The molecule has 2 aromatic heterocycles. The maximum atomic E-state index is 11.4. The summed E-state index contributed by atoms with van der Waals surface area (Å²) in [6.07, 6.45) is 4.65. The van der Waals surface area contributed by atoms with Crippen LogP contribution in [-0.2, 0) is 6.54 Å². The maximum absolute atomic E-state index is 11.4. The number of aryl methyl sites for hydroxylation is 1. The Morgan fingerprint density at radius 3 is 2.68 bits per heavy atom. The summed E-state index contributed by atoms with van der Waals surface area (Å²) in [5, 5.41) is 1.11. The Labute approximate surface area is 185 Å². The fourth-order valence-corrected chi connectivity index (χ4v) is 5.64. The molecule has 1 saturated carbocycles. The van der Waals surface area contributed by atoms with Gasteiger partial charge in [-0.2, -0.15) is 0 Å². The van der Waals surface area contributed by atoms with Crippen molar-refractivity contribution in [1.82, 2.24) is 14.9 Å². The van der Waals surface area contributed by atoms with Gasteiger partial charge in [0.25, 0.3) is 0 Å². The van der Waals surface area contributed by atoms with E-state index in [-0.39, 0.29) is 5.76 Å². The number of benzene rings is 2. The van der Waals surface area contributed by atoms with Crippen LogP contribution in [0.25, 0.3) is 21.7 Å². The van der Waals surface area contributed by atoms with Crippen molar-refractivity contribution in [1.29, 1.82) is 0 Å². The van der Waals surface area contributed by atoms with Crippen LogP contribution in [0, 0.1) is 6.92 Å². The average molecular weight is 434 g/mol. The standard InChI is InChI=1S/C25H27N3O2S/c1-16-22(26-24(31-16)18-6-4-3-5-7-18)15-28(2)20-11-8-17(9-12-20)19-10-13-21-23(14-19)30-25(29)27-21/h3-7,10,13-14,17,20H,8-9,11-12,15H2,1-2H3,(H,27,29)/t17-,20-. The average Bonchev–Trinajstić information content (AvgIpc) is 3.35. The predicted octanol–water partition coefficient (Wildman–Crippen LogP) is 5.71. The lowest BCUT2D eigenvalue weighted by atomic mass is 9.81. The highest BCUT2D eigenvalue weighted by atomic mass is 32.1. The Morgan fingerprint density at radius 1 is 1.13 bits per heavy atom. The van der Waals surface area contributed by atoms with Crippen molar-refractivity contribution in [2.75, 3.05) is 7.05 Å². The van der Waals surface area contributed by atoms with Crippen LogP contribution in [0.1, 0.15) is 47.7 Å². The molecule has 1 aliphatic carbocycles. The van der Waals surface area contributed by atoms with Gasteiger partial charge in [-0.05, 0) is 63.3 Å². The fourth-order valence-electron chi connectivity index (χ4n) is 4.71. The Hall–Kier alpha value is -2.70. The minimum atomic E-state index is -0.384. The largest absolute Gasteiger partial charge is 0.417 e. The summed E-state index contributed by atoms with van der Waals surface area (Å²) in [6, 6.07) is 17.1. The van der Waals surface area contributed by atoms with E-state index in [1.54, 1.807) is 11.3 Å². The molecule has 31 heavy (non-hydrogen) atoms. The van der Waals surface area contributed by atoms with Crippen LogP contribution in [0.2, 0.25) is 0 Å². The first-order valence-corrected chi connectivity index (χ1v) is 11.7. The molecule has 0 atom stereocenters. The maximum Gasteiger partial charge on any atom is 0.417 e. The van der Waals surface area contributed by atoms with Gasteiger partial charge in [-0.1, -0.05) is 36.4 Å². The van der Waals surface area contributed by atoms with Crippen LogP contribution in [0.4, 0.5) is 0 Å². The smallest absolute Gasteiger partial charge is 0.408 e. The lowest BCUT2D eigenvalue weighted by Crippen LogP contribution is -2.34. The number of thiazole rings is 1. The molecule has 0 radical (unpaired) electrons. The van der Waals surface area contributed by atoms with Crippen molar-refractivity contribution in [2.45, 2.75) is 51.1 Å². The second-order valence-electron chi connectivity index (χ2n) is 8.58. The molecule has 2 heterocycles. The molecule has 1 aliphatic rings. The third-order valence-corrected chi connectivity index (χ3v) is 7.61. The number of oxazole rings is 1. The van der Waals surface area contributed by atoms with Gasteiger partial charge in [-0.25, -0.2) is 9.78 Å². The van der Waals surface area contributed by atoms with Crippen LogP contribution >= 0.6 is 11.3 Å². The molecule has 0 amide bonds. The zero-order valence-electron chi connectivity index (χ0n) is 17.9. The van der Waals surface area contributed by atoms with Gasteiger partial charge in [0.2, 0.25) is 0 Å². The molecular weight excluding hydrogens is 406 g/mol. The molecule has 0 saturated heterocycles. The first-order chi connectivity index (χ1) is 15.1. The van der Waals surface area contributed by atoms with Crippen LogP contribution in [0.15, 0.2) is 57.7 Å². The summed E-state index contributed by atoms with van der Waals surface area (Å²) in [5.74, 6) is 0.144. The SMILES string of the molecule is Cc1sc(-c2ccccc2)nc1CN(C)[C@H]1CC[C@H](c2ccc3[nH]c(=O)oc3c2)CC1. The van der Waals surface area contributed by atoms with Crippen molar-refractivity contribution in [2.24, 2.45) is 0 Å². The zero-order chi connectivity index (χ0) is 21.4. The monoisotopic (exact) mass is 433 g/mol. The van der Waals surface area contributed by atoms with E-state index < -0.39 is 0 Å². The molecule has 2 aromatic carbocycles. The Balaban J connectivity index is 1.22. The lowest BCUT2D eigenvalue weighted by molar-refractivity contribution is 0.174. The van der Waals surface area contributed by atoms with Crippen LogP contribution in [0.5, 0.6) is 0 Å². The zero-order valence-corrected chi connectivity index (χ0v) is 18.7. The van der Waals surface area contributed by atoms with E-state index in [0.717, 1.165) is 29.9 Å². The second-order valence-corrected chi connectivity index (χ2v) is 9.78. The molecule has 160 valence electrons. The highest BCUT2D eigenvalue weighted by molar-refractivity contribution is 7.15. The van der Waals surface area contributed by atoms with Crippen LogP contribution < -0.4 is 5.76 Å². The van der Waals surface area contributed by atoms with Gasteiger partial charge in [0, 0.05) is 23.0 Å². The summed E-state index contributed by atoms with van der Waals surface area (Å²) < 4.78 is 5.24. The van der Waals surface area contributed by atoms with Gasteiger partial charge >= 0.3 is 5.76 Å². The summed E-state index contributed by atoms with van der Waals surface area (Å²) >= 11 is 1.78. The molecule has 1 fully saturated rings. The van der Waals surface area contributed by atoms with E-state index in [1.165, 1.54) is 34.5 Å². The Morgan fingerprint density at radius 2 is 1.90 bits per heavy atom. The number of hydrogen-bond donors (Lipinski definition) is 1. The molecule has 4 aromatic rings. The topological polar surface area (TPSA) is 62.1 Å². The van der Waals surface area contributed by atoms with Gasteiger partial charge in [0.05, 0.1) is 11.2 Å². The van der Waals surface area contributed by atoms with E-state index in [0.29, 0.717) is 17.5 Å². The van der Waals surface area contributed by atoms with Gasteiger partial charge in [-0.3, -0.25) is 9.88 Å². The van der Waals surface area contributed by atoms with E-state index in [4.69, 9.17) is 9.40 Å². The molecular formula is C25H27N3O2S. The number of fused-ring (bicyclic) bond motifs is 1. The van der Waals surface area contributed by atoms with E-state index in [9.17, 15) is 4.79 Å². The normalized spacial score (nSPS) is 19.3. The summed E-state index contributed by atoms with van der Waals surface area (Å²) in [4.78, 5) is 22.9. The van der Waals surface area contributed by atoms with Gasteiger partial charge in [0.15, 0.2) is 5.58 Å². The van der Waals surface area contributed by atoms with E-state index in [1.807, 2.05) is 18.2 Å². The molecule has 6 heteroatoms. The first kappa shape index (κ1) is 20.2. The highest BCUT2D eigenvalue weighted by Gasteiger charge is 2.26. The van der Waals surface area contributed by atoms with E-state index in [2.05, 4.69) is 54.2 Å². The number of aromatic nitrogens is 2. The minimum Gasteiger partial charge on any atom is -0.408 e. The second kappa shape index (κ2) is 8.44. The molecule has 0 spiro atoms. The number of H-pyrrole nitrogens is 1. The van der Waals surface area contributed by atoms with Gasteiger partial charge in [-0.15, -0.1) is 11.3 Å². The van der Waals surface area contributed by atoms with Gasteiger partial charge < -0.3 is 4.42 Å². The molecule has 5 nitrogen and oxygen atoms in total. The van der Waals surface area contributed by atoms with Crippen molar-refractivity contribution in [3.63, 3.8) is 0 Å². The predicted molar refractivity (Wildman–Crippen MR) is 126 cm³/mol. The van der Waals surface area contributed by atoms with Crippen LogP contribution in [0.3, 0.4) is 0 Å². The van der Waals surface area contributed by atoms with Crippen molar-refractivity contribution < 1.29 is 4.42 Å². The molecule has 1 N–H and O–H groups in total. The van der Waals surface area contributed by atoms with Crippen molar-refractivity contribution in [3.05, 3.63) is 75.2 Å². The third-order valence-electron chi connectivity index (χ3n) is 6.55. The molecule has 0 bridgehead atoms. The third kappa shape index (κ3) is 4.23. The quantitative estimate of drug-likeness (QED) is 0.438. The lowest BCUT2D eigenvalue weighted by Gasteiger charge is -2.34. The van der Waals surface area contributed by atoms with Crippen molar-refractivity contribution >= 4 is 22.4 Å².